The van der Waals surface area contributed by atoms with Gasteiger partial charge in [-0.3, -0.25) is 0 Å². The zero-order valence-electron chi connectivity index (χ0n) is 23.9. The van der Waals surface area contributed by atoms with Gasteiger partial charge in [0.25, 0.3) is 0 Å². The normalized spacial score (nSPS) is 11.4. The number of nitrogens with zero attached hydrogens (tertiary/aromatic N) is 1. The third-order valence-electron chi connectivity index (χ3n) is 6.71. The van der Waals surface area contributed by atoms with E-state index in [2.05, 4.69) is 24.4 Å². The number of ether oxygens (including phenoxy) is 1. The average Bonchev–Trinajstić information content (AvgIpc) is 2.87. The van der Waals surface area contributed by atoms with E-state index in [0.717, 1.165) is 24.3 Å². The molecule has 0 amide bonds. The van der Waals surface area contributed by atoms with E-state index in [-0.39, 0.29) is 5.97 Å². The van der Waals surface area contributed by atoms with E-state index < -0.39 is 0 Å². The van der Waals surface area contributed by atoms with Crippen molar-refractivity contribution in [1.29, 1.82) is 0 Å². The Labute approximate surface area is 223 Å². The van der Waals surface area contributed by atoms with Crippen LogP contribution in [-0.2, 0) is 9.53 Å². The van der Waals surface area contributed by atoms with Gasteiger partial charge in [0.05, 0.1) is 0 Å². The van der Waals surface area contributed by atoms with Gasteiger partial charge in [0.15, 0.2) is 0 Å². The number of unbranched alkanes of at least 4 members (excludes halogenated alkanes) is 16. The molecule has 1 rings (SSSR count). The first-order chi connectivity index (χ1) is 17.6. The average molecular weight is 501 g/mol. The van der Waals surface area contributed by atoms with Crippen LogP contribution in [-0.4, -0.2) is 44.7 Å². The molecule has 0 bridgehead atoms. The summed E-state index contributed by atoms with van der Waals surface area (Å²) >= 11 is 0. The first kappa shape index (κ1) is 32.2. The van der Waals surface area contributed by atoms with Gasteiger partial charge >= 0.3 is 5.97 Å². The van der Waals surface area contributed by atoms with Crippen LogP contribution in [0.1, 0.15) is 122 Å². The van der Waals surface area contributed by atoms with Gasteiger partial charge < -0.3 is 15.0 Å². The number of nitrogens with one attached hydrogen (secondary N) is 1. The Bertz CT molecular complexity index is 655. The highest BCUT2D eigenvalue weighted by molar-refractivity contribution is 5.87. The second kappa shape index (κ2) is 23.6. The molecule has 0 radical (unpaired) electrons. The molecular weight excluding hydrogens is 444 g/mol. The minimum Gasteiger partial charge on any atom is -0.461 e. The summed E-state index contributed by atoms with van der Waals surface area (Å²) in [5, 5.41) is 3.51. The number of carbonyl (C=O) groups excluding carboxylic acids is 1. The molecule has 206 valence electrons. The topological polar surface area (TPSA) is 41.6 Å². The molecule has 0 atom stereocenters. The quantitative estimate of drug-likeness (QED) is 0.0874. The third kappa shape index (κ3) is 20.4. The van der Waals surface area contributed by atoms with Crippen LogP contribution in [0.4, 0.5) is 5.69 Å². The van der Waals surface area contributed by atoms with Crippen LogP contribution in [0.3, 0.4) is 0 Å². The molecule has 0 aliphatic carbocycles. The van der Waals surface area contributed by atoms with Crippen molar-refractivity contribution in [2.75, 3.05) is 39.1 Å². The van der Waals surface area contributed by atoms with Crippen LogP contribution >= 0.6 is 0 Å². The summed E-state index contributed by atoms with van der Waals surface area (Å²) in [5.41, 5.74) is 2.14. The molecular formula is C32H56N2O2. The van der Waals surface area contributed by atoms with Crippen LogP contribution < -0.4 is 5.32 Å². The molecule has 36 heavy (non-hydrogen) atoms. The van der Waals surface area contributed by atoms with Gasteiger partial charge in [-0.1, -0.05) is 122 Å². The van der Waals surface area contributed by atoms with E-state index in [9.17, 15) is 4.79 Å². The molecule has 0 fully saturated rings. The molecule has 0 unspecified atom stereocenters. The van der Waals surface area contributed by atoms with Crippen LogP contribution in [0.15, 0.2) is 30.3 Å². The van der Waals surface area contributed by atoms with Gasteiger partial charge in [0.1, 0.15) is 6.61 Å². The number of carbonyl (C=O) groups is 1. The van der Waals surface area contributed by atoms with Crippen LogP contribution in [0.2, 0.25) is 0 Å². The predicted octanol–water partition coefficient (Wildman–Crippen LogP) is 8.87. The van der Waals surface area contributed by atoms with Gasteiger partial charge in [0.2, 0.25) is 0 Å². The van der Waals surface area contributed by atoms with Crippen LogP contribution in [0.5, 0.6) is 0 Å². The lowest BCUT2D eigenvalue weighted by molar-refractivity contribution is -0.137. The molecule has 1 N–H and O–H groups in total. The zero-order chi connectivity index (χ0) is 26.1. The van der Waals surface area contributed by atoms with Crippen molar-refractivity contribution in [2.45, 2.75) is 116 Å². The van der Waals surface area contributed by atoms with Crippen molar-refractivity contribution in [1.82, 2.24) is 4.90 Å². The molecule has 4 nitrogen and oxygen atoms in total. The van der Waals surface area contributed by atoms with Crippen molar-refractivity contribution >= 4 is 17.7 Å². The van der Waals surface area contributed by atoms with E-state index in [1.165, 1.54) is 115 Å². The van der Waals surface area contributed by atoms with Gasteiger partial charge in [0, 0.05) is 24.9 Å². The zero-order valence-corrected chi connectivity index (χ0v) is 23.9. The minimum atomic E-state index is -0.294. The number of benzene rings is 1. The first-order valence-electron chi connectivity index (χ1n) is 15.0. The molecule has 0 aliphatic heterocycles. The van der Waals surface area contributed by atoms with E-state index >= 15 is 0 Å². The van der Waals surface area contributed by atoms with E-state index in [1.807, 2.05) is 31.1 Å². The van der Waals surface area contributed by atoms with E-state index in [4.69, 9.17) is 4.74 Å². The van der Waals surface area contributed by atoms with Crippen molar-refractivity contribution in [2.24, 2.45) is 0 Å². The fraction of sp³-hybridized carbons (Fsp3) is 0.719. The SMILES string of the molecule is CCCCCCCCCCCCCCCCCCCNc1ccc(/C=C/C(=O)OCCN(C)C)cc1. The Kier molecular flexibility index (Phi) is 21.1. The maximum Gasteiger partial charge on any atom is 0.330 e. The van der Waals surface area contributed by atoms with Gasteiger partial charge in [-0.2, -0.15) is 0 Å². The Morgan fingerprint density at radius 2 is 1.22 bits per heavy atom. The summed E-state index contributed by atoms with van der Waals surface area (Å²) in [5.74, 6) is -0.294. The maximum atomic E-state index is 11.7. The van der Waals surface area contributed by atoms with Crippen LogP contribution in [0, 0.1) is 0 Å². The summed E-state index contributed by atoms with van der Waals surface area (Å²) < 4.78 is 5.16. The highest BCUT2D eigenvalue weighted by Crippen LogP contribution is 2.15. The number of rotatable bonds is 24. The molecule has 0 aromatic heterocycles. The van der Waals surface area contributed by atoms with Gasteiger partial charge in [-0.25, -0.2) is 4.79 Å². The molecule has 1 aromatic rings. The standard InChI is InChI=1S/C32H56N2O2/c1-4-5-6-7-8-9-10-11-12-13-14-15-16-17-18-19-20-27-33-31-24-21-30(22-25-31)23-26-32(35)36-29-28-34(2)3/h21-26,33H,4-20,27-29H2,1-3H3/b26-23+. The molecule has 0 saturated heterocycles. The number of likely N-dealkylation sites (N-methyl/N-ethyl adjacent to an activating group) is 1. The molecule has 0 spiro atoms. The van der Waals surface area contributed by atoms with Crippen molar-refractivity contribution in [3.8, 4) is 0 Å². The summed E-state index contributed by atoms with van der Waals surface area (Å²) in [6.45, 7) is 4.46. The fourth-order valence-electron chi connectivity index (χ4n) is 4.34. The van der Waals surface area contributed by atoms with E-state index in [0.29, 0.717) is 6.61 Å². The number of hydrogen-bond acceptors (Lipinski definition) is 4. The predicted molar refractivity (Wildman–Crippen MR) is 158 cm³/mol. The first-order valence-corrected chi connectivity index (χ1v) is 15.0. The lowest BCUT2D eigenvalue weighted by Gasteiger charge is -2.08. The largest absolute Gasteiger partial charge is 0.461 e. The molecule has 0 saturated carbocycles. The Balaban J connectivity index is 1.90. The second-order valence-electron chi connectivity index (χ2n) is 10.5. The third-order valence-corrected chi connectivity index (χ3v) is 6.71. The summed E-state index contributed by atoms with van der Waals surface area (Å²) in [6, 6.07) is 8.20. The Hall–Kier alpha value is -1.81. The summed E-state index contributed by atoms with van der Waals surface area (Å²) in [7, 11) is 3.92. The van der Waals surface area contributed by atoms with Gasteiger partial charge in [-0.05, 0) is 44.3 Å². The molecule has 0 aliphatic rings. The smallest absolute Gasteiger partial charge is 0.330 e. The Morgan fingerprint density at radius 1 is 0.750 bits per heavy atom. The second-order valence-corrected chi connectivity index (χ2v) is 10.5. The summed E-state index contributed by atoms with van der Waals surface area (Å²) in [6.07, 6.45) is 27.2. The highest BCUT2D eigenvalue weighted by Gasteiger charge is 1.99. The Morgan fingerprint density at radius 3 is 1.69 bits per heavy atom. The van der Waals surface area contributed by atoms with Crippen molar-refractivity contribution in [3.05, 3.63) is 35.9 Å². The lowest BCUT2D eigenvalue weighted by Crippen LogP contribution is -2.19. The number of anilines is 1. The van der Waals surface area contributed by atoms with Gasteiger partial charge in [-0.15, -0.1) is 0 Å². The fourth-order valence-corrected chi connectivity index (χ4v) is 4.34. The number of hydrogen-bond donors (Lipinski definition) is 1. The van der Waals surface area contributed by atoms with Crippen molar-refractivity contribution < 1.29 is 9.53 Å². The van der Waals surface area contributed by atoms with Crippen LogP contribution in [0.25, 0.3) is 6.08 Å². The monoisotopic (exact) mass is 500 g/mol. The molecule has 1 aromatic carbocycles. The minimum absolute atomic E-state index is 0.294. The molecule has 4 heteroatoms. The maximum absolute atomic E-state index is 11.7. The highest BCUT2D eigenvalue weighted by atomic mass is 16.5. The van der Waals surface area contributed by atoms with E-state index in [1.54, 1.807) is 6.08 Å². The van der Waals surface area contributed by atoms with Crippen molar-refractivity contribution in [3.63, 3.8) is 0 Å². The molecule has 0 heterocycles. The number of esters is 1. The lowest BCUT2D eigenvalue weighted by atomic mass is 10.0. The summed E-state index contributed by atoms with van der Waals surface area (Å²) in [4.78, 5) is 13.7.